The normalized spacial score (nSPS) is 11.9. The molecule has 0 radical (unpaired) electrons. The van der Waals surface area contributed by atoms with E-state index >= 15 is 0 Å². The first-order valence-electron chi connectivity index (χ1n) is 4.91. The summed E-state index contributed by atoms with van der Waals surface area (Å²) in [5, 5.41) is 5.10. The predicted octanol–water partition coefficient (Wildman–Crippen LogP) is 3.09. The van der Waals surface area contributed by atoms with Crippen molar-refractivity contribution in [2.75, 3.05) is 0 Å². The maximum Gasteiger partial charge on any atom is 0.451 e. The van der Waals surface area contributed by atoms with Crippen LogP contribution in [0.15, 0.2) is 24.3 Å². The minimum Gasteiger partial charge on any atom is -0.435 e. The molecule has 1 N–H and O–H groups in total. The largest absolute Gasteiger partial charge is 0.451 e. The van der Waals surface area contributed by atoms with Gasteiger partial charge in [-0.15, -0.1) is 0 Å². The number of aromatic amines is 1. The van der Waals surface area contributed by atoms with Crippen molar-refractivity contribution in [2.45, 2.75) is 12.8 Å². The van der Waals surface area contributed by atoms with Gasteiger partial charge in [-0.1, -0.05) is 12.1 Å². The average molecular weight is 279 g/mol. The first kappa shape index (κ1) is 13.2. The van der Waals surface area contributed by atoms with Gasteiger partial charge < -0.3 is 4.74 Å². The summed E-state index contributed by atoms with van der Waals surface area (Å²) >= 11 is 0. The molecule has 1 heterocycles. The molecule has 2 aromatic rings. The summed E-state index contributed by atoms with van der Waals surface area (Å²) in [4.78, 5) is 3.24. The van der Waals surface area contributed by atoms with Gasteiger partial charge in [0.2, 0.25) is 5.82 Å². The highest BCUT2D eigenvalue weighted by atomic mass is 19.4. The zero-order valence-electron chi connectivity index (χ0n) is 9.08. The summed E-state index contributed by atoms with van der Waals surface area (Å²) in [6.07, 6.45) is -4.65. The Hall–Kier alpha value is -2.19. The number of halogens is 5. The molecule has 1 aromatic heterocycles. The third kappa shape index (κ3) is 3.18. The Morgan fingerprint density at radius 1 is 1.21 bits per heavy atom. The van der Waals surface area contributed by atoms with Crippen LogP contribution in [-0.2, 0) is 6.18 Å². The van der Waals surface area contributed by atoms with Crippen LogP contribution >= 0.6 is 0 Å². The zero-order chi connectivity index (χ0) is 14.0. The zero-order valence-corrected chi connectivity index (χ0v) is 9.08. The fourth-order valence-electron chi connectivity index (χ4n) is 1.33. The molecule has 0 saturated heterocycles. The van der Waals surface area contributed by atoms with Gasteiger partial charge in [-0.05, 0) is 12.1 Å². The van der Waals surface area contributed by atoms with E-state index in [-0.39, 0.29) is 17.1 Å². The second-order valence-electron chi connectivity index (χ2n) is 3.41. The van der Waals surface area contributed by atoms with Crippen LogP contribution in [0.25, 0.3) is 11.4 Å². The minimum atomic E-state index is -4.65. The number of nitrogens with zero attached hydrogens (tertiary/aromatic N) is 2. The van der Waals surface area contributed by atoms with E-state index in [1.165, 1.54) is 18.2 Å². The molecule has 0 spiro atoms. The third-order valence-corrected chi connectivity index (χ3v) is 2.07. The maximum atomic E-state index is 12.3. The van der Waals surface area contributed by atoms with Crippen molar-refractivity contribution in [3.8, 4) is 17.1 Å². The van der Waals surface area contributed by atoms with Crippen LogP contribution in [0.1, 0.15) is 5.82 Å². The molecule has 4 nitrogen and oxygen atoms in total. The van der Waals surface area contributed by atoms with Crippen molar-refractivity contribution >= 4 is 0 Å². The monoisotopic (exact) mass is 279 g/mol. The Morgan fingerprint density at radius 2 is 1.95 bits per heavy atom. The van der Waals surface area contributed by atoms with Crippen LogP contribution in [0.5, 0.6) is 5.75 Å². The molecule has 0 aliphatic heterocycles. The summed E-state index contributed by atoms with van der Waals surface area (Å²) in [6, 6.07) is 5.08. The van der Waals surface area contributed by atoms with E-state index in [1.54, 1.807) is 5.10 Å². The first-order valence-corrected chi connectivity index (χ1v) is 4.91. The second kappa shape index (κ2) is 4.82. The van der Waals surface area contributed by atoms with Crippen LogP contribution < -0.4 is 4.74 Å². The molecule has 0 fully saturated rings. The lowest BCUT2D eigenvalue weighted by atomic mass is 10.2. The molecule has 9 heteroatoms. The number of rotatable bonds is 3. The Kier molecular flexibility index (Phi) is 3.36. The Morgan fingerprint density at radius 3 is 2.53 bits per heavy atom. The summed E-state index contributed by atoms with van der Waals surface area (Å²) < 4.78 is 65.1. The molecular weight excluding hydrogens is 273 g/mol. The van der Waals surface area contributed by atoms with Gasteiger partial charge in [-0.2, -0.15) is 27.1 Å². The Labute approximate surface area is 103 Å². The summed E-state index contributed by atoms with van der Waals surface area (Å²) in [5.41, 5.74) is 0.130. The Bertz CT molecular complexity index is 566. The molecule has 0 aliphatic carbocycles. The fraction of sp³-hybridized carbons (Fsp3) is 0.200. The topological polar surface area (TPSA) is 50.8 Å². The molecule has 0 amide bonds. The van der Waals surface area contributed by atoms with Gasteiger partial charge in [0.15, 0.2) is 5.82 Å². The van der Waals surface area contributed by atoms with E-state index in [1.807, 2.05) is 0 Å². The van der Waals surface area contributed by atoms with Gasteiger partial charge in [-0.25, -0.2) is 4.98 Å². The quantitative estimate of drug-likeness (QED) is 0.878. The van der Waals surface area contributed by atoms with Crippen molar-refractivity contribution < 1.29 is 26.7 Å². The van der Waals surface area contributed by atoms with Crippen molar-refractivity contribution in [3.63, 3.8) is 0 Å². The highest BCUT2D eigenvalue weighted by Gasteiger charge is 2.35. The first-order chi connectivity index (χ1) is 8.86. The SMILES string of the molecule is FC(F)Oc1cccc(-c2n[nH]c(C(F)(F)F)n2)c1. The number of hydrogen-bond donors (Lipinski definition) is 1. The number of hydrogen-bond acceptors (Lipinski definition) is 3. The molecule has 2 rings (SSSR count). The van der Waals surface area contributed by atoms with E-state index in [2.05, 4.69) is 14.8 Å². The van der Waals surface area contributed by atoms with Crippen LogP contribution in [-0.4, -0.2) is 21.8 Å². The number of H-pyrrole nitrogens is 1. The smallest absolute Gasteiger partial charge is 0.435 e. The second-order valence-corrected chi connectivity index (χ2v) is 3.41. The molecule has 0 atom stereocenters. The van der Waals surface area contributed by atoms with E-state index < -0.39 is 18.6 Å². The number of ether oxygens (including phenoxy) is 1. The Balaban J connectivity index is 2.29. The third-order valence-electron chi connectivity index (χ3n) is 2.07. The lowest BCUT2D eigenvalue weighted by molar-refractivity contribution is -0.144. The molecule has 19 heavy (non-hydrogen) atoms. The summed E-state index contributed by atoms with van der Waals surface area (Å²) in [7, 11) is 0. The highest BCUT2D eigenvalue weighted by molar-refractivity contribution is 5.57. The molecule has 0 aliphatic rings. The van der Waals surface area contributed by atoms with E-state index in [9.17, 15) is 22.0 Å². The average Bonchev–Trinajstić information content (AvgIpc) is 2.77. The molecular formula is C10H6F5N3O. The number of alkyl halides is 5. The van der Waals surface area contributed by atoms with Gasteiger partial charge in [-0.3, -0.25) is 5.10 Å². The molecule has 0 saturated carbocycles. The van der Waals surface area contributed by atoms with Crippen LogP contribution in [0.3, 0.4) is 0 Å². The number of nitrogens with one attached hydrogen (secondary N) is 1. The minimum absolute atomic E-state index is 0.130. The van der Waals surface area contributed by atoms with E-state index in [0.29, 0.717) is 0 Å². The summed E-state index contributed by atoms with van der Waals surface area (Å²) in [6.45, 7) is -3.02. The molecule has 102 valence electrons. The van der Waals surface area contributed by atoms with E-state index in [4.69, 9.17) is 0 Å². The van der Waals surface area contributed by atoms with Gasteiger partial charge in [0.1, 0.15) is 5.75 Å². The van der Waals surface area contributed by atoms with Gasteiger partial charge in [0.05, 0.1) is 0 Å². The number of aromatic nitrogens is 3. The standard InChI is InChI=1S/C10H6F5N3O/c11-9(12)19-6-3-1-2-5(4-6)7-16-8(18-17-7)10(13,14)15/h1-4,9H,(H,16,17,18). The highest BCUT2D eigenvalue weighted by Crippen LogP contribution is 2.28. The fourth-order valence-corrected chi connectivity index (χ4v) is 1.33. The molecule has 1 aromatic carbocycles. The summed E-state index contributed by atoms with van der Waals surface area (Å²) in [5.74, 6) is -1.71. The van der Waals surface area contributed by atoms with Crippen LogP contribution in [0.2, 0.25) is 0 Å². The maximum absolute atomic E-state index is 12.3. The number of benzene rings is 1. The molecule has 0 bridgehead atoms. The van der Waals surface area contributed by atoms with Crippen LogP contribution in [0, 0.1) is 0 Å². The van der Waals surface area contributed by atoms with Crippen molar-refractivity contribution in [1.82, 2.24) is 15.2 Å². The van der Waals surface area contributed by atoms with Crippen molar-refractivity contribution in [3.05, 3.63) is 30.1 Å². The van der Waals surface area contributed by atoms with Gasteiger partial charge >= 0.3 is 12.8 Å². The van der Waals surface area contributed by atoms with Crippen molar-refractivity contribution in [2.24, 2.45) is 0 Å². The van der Waals surface area contributed by atoms with Gasteiger partial charge in [0, 0.05) is 5.56 Å². The van der Waals surface area contributed by atoms with Crippen molar-refractivity contribution in [1.29, 1.82) is 0 Å². The van der Waals surface area contributed by atoms with Crippen LogP contribution in [0.4, 0.5) is 22.0 Å². The van der Waals surface area contributed by atoms with E-state index in [0.717, 1.165) is 6.07 Å². The lowest BCUT2D eigenvalue weighted by Gasteiger charge is -2.04. The lowest BCUT2D eigenvalue weighted by Crippen LogP contribution is -2.07. The molecule has 0 unspecified atom stereocenters. The van der Waals surface area contributed by atoms with Gasteiger partial charge in [0.25, 0.3) is 0 Å². The predicted molar refractivity (Wildman–Crippen MR) is 53.5 cm³/mol.